The highest BCUT2D eigenvalue weighted by atomic mass is 16.3. The van der Waals surface area contributed by atoms with Crippen molar-refractivity contribution in [2.75, 3.05) is 5.43 Å². The number of nitrogens with zero attached hydrogens (tertiary/aromatic N) is 3. The molecule has 0 aliphatic heterocycles. The van der Waals surface area contributed by atoms with Crippen molar-refractivity contribution in [1.29, 1.82) is 0 Å². The van der Waals surface area contributed by atoms with Crippen LogP contribution in [0.3, 0.4) is 0 Å². The summed E-state index contributed by atoms with van der Waals surface area (Å²) < 4.78 is 0. The number of hydrogen-bond donors (Lipinski definition) is 2. The maximum absolute atomic E-state index is 9.86. The summed E-state index contributed by atoms with van der Waals surface area (Å²) in [7, 11) is 0. The number of aromatic hydroxyl groups is 1. The molecule has 0 bridgehead atoms. The van der Waals surface area contributed by atoms with Gasteiger partial charge in [-0.25, -0.2) is 4.98 Å². The van der Waals surface area contributed by atoms with Crippen molar-refractivity contribution >= 4 is 22.4 Å². The lowest BCUT2D eigenvalue weighted by atomic mass is 10.0. The monoisotopic (exact) mass is 278 g/mol. The molecule has 104 valence electrons. The van der Waals surface area contributed by atoms with Gasteiger partial charge in [0.05, 0.1) is 5.71 Å². The maximum atomic E-state index is 9.86. The zero-order valence-electron chi connectivity index (χ0n) is 11.5. The molecule has 1 aromatic carbocycles. The first-order chi connectivity index (χ1) is 10.3. The van der Waals surface area contributed by atoms with Gasteiger partial charge in [0.2, 0.25) is 0 Å². The fraction of sp³-hybridized carbons (Fsp3) is 0.0625. The van der Waals surface area contributed by atoms with Crippen LogP contribution in [0, 0.1) is 0 Å². The minimum absolute atomic E-state index is 0.167. The molecule has 0 saturated heterocycles. The van der Waals surface area contributed by atoms with Gasteiger partial charge < -0.3 is 5.11 Å². The molecule has 0 saturated carbocycles. The minimum atomic E-state index is 0.167. The smallest absolute Gasteiger partial charge is 0.146 e. The van der Waals surface area contributed by atoms with Gasteiger partial charge in [-0.1, -0.05) is 12.1 Å². The average Bonchev–Trinajstić information content (AvgIpc) is 2.54. The molecule has 5 heteroatoms. The van der Waals surface area contributed by atoms with Crippen LogP contribution in [0.4, 0.5) is 5.82 Å². The van der Waals surface area contributed by atoms with E-state index in [0.29, 0.717) is 11.3 Å². The predicted octanol–water partition coefficient (Wildman–Crippen LogP) is 3.17. The largest absolute Gasteiger partial charge is 0.506 e. The number of aromatic nitrogens is 2. The lowest BCUT2D eigenvalue weighted by Crippen LogP contribution is -2.01. The zero-order valence-corrected chi connectivity index (χ0v) is 11.5. The van der Waals surface area contributed by atoms with Crippen LogP contribution in [0.2, 0.25) is 0 Å². The maximum Gasteiger partial charge on any atom is 0.146 e. The van der Waals surface area contributed by atoms with Crippen molar-refractivity contribution < 1.29 is 5.11 Å². The lowest BCUT2D eigenvalue weighted by Gasteiger charge is -2.07. The molecule has 0 spiro atoms. The summed E-state index contributed by atoms with van der Waals surface area (Å²) in [4.78, 5) is 8.35. The van der Waals surface area contributed by atoms with Gasteiger partial charge in [-0.05, 0) is 37.3 Å². The highest BCUT2D eigenvalue weighted by Crippen LogP contribution is 2.25. The SMILES string of the molecule is CC(=NNc1ccccn1)c1ccc(O)c2ncccc12. The van der Waals surface area contributed by atoms with Crippen LogP contribution in [-0.2, 0) is 0 Å². The van der Waals surface area contributed by atoms with Crippen molar-refractivity contribution in [3.05, 3.63) is 60.4 Å². The quantitative estimate of drug-likeness (QED) is 0.570. The van der Waals surface area contributed by atoms with E-state index < -0.39 is 0 Å². The number of hydrogen-bond acceptors (Lipinski definition) is 5. The Morgan fingerprint density at radius 1 is 1.05 bits per heavy atom. The number of pyridine rings is 2. The molecular weight excluding hydrogens is 264 g/mol. The van der Waals surface area contributed by atoms with Crippen LogP contribution in [0.15, 0.2) is 60.0 Å². The van der Waals surface area contributed by atoms with E-state index in [1.165, 1.54) is 0 Å². The molecule has 0 amide bonds. The van der Waals surface area contributed by atoms with Gasteiger partial charge >= 0.3 is 0 Å². The highest BCUT2D eigenvalue weighted by Gasteiger charge is 2.08. The van der Waals surface area contributed by atoms with E-state index in [0.717, 1.165) is 16.7 Å². The number of hydrazone groups is 1. The van der Waals surface area contributed by atoms with Gasteiger partial charge in [-0.3, -0.25) is 10.4 Å². The van der Waals surface area contributed by atoms with Crippen LogP contribution >= 0.6 is 0 Å². The molecule has 21 heavy (non-hydrogen) atoms. The average molecular weight is 278 g/mol. The van der Waals surface area contributed by atoms with E-state index in [-0.39, 0.29) is 5.75 Å². The third kappa shape index (κ3) is 2.67. The van der Waals surface area contributed by atoms with E-state index >= 15 is 0 Å². The van der Waals surface area contributed by atoms with Crippen LogP contribution in [-0.4, -0.2) is 20.8 Å². The molecular formula is C16H14N4O. The summed E-state index contributed by atoms with van der Waals surface area (Å²) in [5.41, 5.74) is 5.19. The number of phenols is 1. The van der Waals surface area contributed by atoms with E-state index in [1.54, 1.807) is 18.5 Å². The van der Waals surface area contributed by atoms with Crippen LogP contribution < -0.4 is 5.43 Å². The number of fused-ring (bicyclic) bond motifs is 1. The second-order valence-corrected chi connectivity index (χ2v) is 4.56. The van der Waals surface area contributed by atoms with E-state index in [1.807, 2.05) is 43.3 Å². The summed E-state index contributed by atoms with van der Waals surface area (Å²) in [5, 5.41) is 15.1. The molecule has 0 atom stereocenters. The Labute approximate surface area is 122 Å². The van der Waals surface area contributed by atoms with E-state index in [2.05, 4.69) is 20.5 Å². The van der Waals surface area contributed by atoms with Crippen molar-refractivity contribution in [2.24, 2.45) is 5.10 Å². The normalized spacial score (nSPS) is 11.6. The fourth-order valence-electron chi connectivity index (χ4n) is 2.10. The van der Waals surface area contributed by atoms with Gasteiger partial charge in [0.1, 0.15) is 17.1 Å². The van der Waals surface area contributed by atoms with E-state index in [4.69, 9.17) is 0 Å². The third-order valence-corrected chi connectivity index (χ3v) is 3.14. The minimum Gasteiger partial charge on any atom is -0.506 e. The van der Waals surface area contributed by atoms with Crippen molar-refractivity contribution in [3.8, 4) is 5.75 Å². The van der Waals surface area contributed by atoms with Gasteiger partial charge in [0.25, 0.3) is 0 Å². The van der Waals surface area contributed by atoms with Crippen LogP contribution in [0.5, 0.6) is 5.75 Å². The van der Waals surface area contributed by atoms with Gasteiger partial charge in [0, 0.05) is 23.3 Å². The third-order valence-electron chi connectivity index (χ3n) is 3.14. The zero-order chi connectivity index (χ0) is 14.7. The number of rotatable bonds is 3. The van der Waals surface area contributed by atoms with Gasteiger partial charge in [-0.15, -0.1) is 0 Å². The molecule has 0 fully saturated rings. The van der Waals surface area contributed by atoms with Crippen molar-refractivity contribution in [2.45, 2.75) is 6.92 Å². The second-order valence-electron chi connectivity index (χ2n) is 4.56. The van der Waals surface area contributed by atoms with Crippen molar-refractivity contribution in [3.63, 3.8) is 0 Å². The number of phenolic OH excluding ortho intramolecular Hbond substituents is 1. The van der Waals surface area contributed by atoms with Gasteiger partial charge in [-0.2, -0.15) is 5.10 Å². The summed E-state index contributed by atoms with van der Waals surface area (Å²) in [5.74, 6) is 0.845. The summed E-state index contributed by atoms with van der Waals surface area (Å²) in [6.07, 6.45) is 3.36. The summed E-state index contributed by atoms with van der Waals surface area (Å²) in [6, 6.07) is 12.8. The Bertz CT molecular complexity index is 800. The molecule has 0 unspecified atom stereocenters. The summed E-state index contributed by atoms with van der Waals surface area (Å²) in [6.45, 7) is 1.90. The van der Waals surface area contributed by atoms with E-state index in [9.17, 15) is 5.11 Å². The molecule has 0 aliphatic carbocycles. The lowest BCUT2D eigenvalue weighted by molar-refractivity contribution is 0.480. The second kappa shape index (κ2) is 5.58. The Morgan fingerprint density at radius 3 is 2.71 bits per heavy atom. The first-order valence-electron chi connectivity index (χ1n) is 6.54. The Hall–Kier alpha value is -2.95. The molecule has 5 nitrogen and oxygen atoms in total. The van der Waals surface area contributed by atoms with Crippen LogP contribution in [0.25, 0.3) is 10.9 Å². The summed E-state index contributed by atoms with van der Waals surface area (Å²) >= 11 is 0. The highest BCUT2D eigenvalue weighted by molar-refractivity contribution is 6.10. The topological polar surface area (TPSA) is 70.4 Å². The first-order valence-corrected chi connectivity index (χ1v) is 6.54. The standard InChI is InChI=1S/C16H14N4O/c1-11(19-20-15-6-2-3-9-17-15)12-7-8-14(21)16-13(12)5-4-10-18-16/h2-10,21H,1H3,(H,17,20). The van der Waals surface area contributed by atoms with Crippen LogP contribution in [0.1, 0.15) is 12.5 Å². The Balaban J connectivity index is 1.98. The number of anilines is 1. The molecule has 3 rings (SSSR count). The first kappa shape index (κ1) is 13.1. The molecule has 2 N–H and O–H groups in total. The predicted molar refractivity (Wildman–Crippen MR) is 83.5 cm³/mol. The molecule has 3 aromatic rings. The Morgan fingerprint density at radius 2 is 1.90 bits per heavy atom. The number of nitrogens with one attached hydrogen (secondary N) is 1. The van der Waals surface area contributed by atoms with Crippen molar-refractivity contribution in [1.82, 2.24) is 9.97 Å². The Kier molecular flexibility index (Phi) is 3.47. The molecule has 2 aromatic heterocycles. The molecule has 0 aliphatic rings. The molecule has 0 radical (unpaired) electrons. The number of benzene rings is 1. The fourth-order valence-corrected chi connectivity index (χ4v) is 2.10. The molecule has 2 heterocycles. The van der Waals surface area contributed by atoms with Gasteiger partial charge in [0.15, 0.2) is 0 Å².